The molecule has 1 aliphatic rings. The molecule has 0 radical (unpaired) electrons. The van der Waals surface area contributed by atoms with Gasteiger partial charge in [0, 0.05) is 31.7 Å². The minimum atomic E-state index is -0.533. The van der Waals surface area contributed by atoms with E-state index in [0.29, 0.717) is 31.9 Å². The molecular formula is C29H31FN4O3. The average molecular weight is 503 g/mol. The molecule has 192 valence electrons. The fourth-order valence-corrected chi connectivity index (χ4v) is 4.72. The highest BCUT2D eigenvalue weighted by atomic mass is 19.1. The van der Waals surface area contributed by atoms with Gasteiger partial charge in [-0.1, -0.05) is 36.4 Å². The lowest BCUT2D eigenvalue weighted by Gasteiger charge is -2.39. The number of halogens is 1. The van der Waals surface area contributed by atoms with E-state index in [9.17, 15) is 9.18 Å². The van der Waals surface area contributed by atoms with Crippen LogP contribution in [0.15, 0.2) is 77.5 Å². The highest BCUT2D eigenvalue weighted by Crippen LogP contribution is 2.36. The van der Waals surface area contributed by atoms with Crippen LogP contribution in [0, 0.1) is 5.82 Å². The number of hydrogen-bond donors (Lipinski definition) is 1. The van der Waals surface area contributed by atoms with Crippen LogP contribution in [-0.4, -0.2) is 57.9 Å². The number of nitrogens with one attached hydrogen (secondary N) is 1. The molecule has 1 fully saturated rings. The van der Waals surface area contributed by atoms with Crippen molar-refractivity contribution in [2.24, 2.45) is 0 Å². The molecule has 7 nitrogen and oxygen atoms in total. The second-order valence-electron chi connectivity index (χ2n) is 10.2. The topological polar surface area (TPSA) is 74.6 Å². The fourth-order valence-electron chi connectivity index (χ4n) is 4.72. The molecule has 37 heavy (non-hydrogen) atoms. The first-order valence-corrected chi connectivity index (χ1v) is 12.4. The maximum absolute atomic E-state index is 13.8. The van der Waals surface area contributed by atoms with Crippen LogP contribution in [0.25, 0.3) is 22.6 Å². The molecule has 0 spiro atoms. The van der Waals surface area contributed by atoms with Gasteiger partial charge in [0.05, 0.1) is 18.5 Å². The number of benzene rings is 2. The standard InChI is InChI=1S/C29H31FN4O3/c1-29(2,3)37-28(35)34-15-13-33(14-16-34)27(24-19-31-32-26(24)25-8-5-17-36-25)21-11-9-20(10-12-21)22-6-4-7-23(30)18-22/h4-12,17-19,27H,13-16H2,1-3H3,(H,31,32). The number of ether oxygens (including phenoxy) is 1. The number of hydrogen-bond acceptors (Lipinski definition) is 5. The van der Waals surface area contributed by atoms with Crippen LogP contribution in [0.5, 0.6) is 0 Å². The zero-order valence-corrected chi connectivity index (χ0v) is 21.3. The molecule has 1 amide bonds. The van der Waals surface area contributed by atoms with Crippen molar-refractivity contribution < 1.29 is 18.3 Å². The zero-order chi connectivity index (χ0) is 26.0. The van der Waals surface area contributed by atoms with Crippen molar-refractivity contribution in [3.05, 3.63) is 90.1 Å². The van der Waals surface area contributed by atoms with Crippen molar-refractivity contribution in [3.63, 3.8) is 0 Å². The van der Waals surface area contributed by atoms with Crippen LogP contribution in [0.1, 0.15) is 37.9 Å². The van der Waals surface area contributed by atoms with Crippen LogP contribution in [0.2, 0.25) is 0 Å². The predicted octanol–water partition coefficient (Wildman–Crippen LogP) is 6.12. The third kappa shape index (κ3) is 5.59. The van der Waals surface area contributed by atoms with Crippen molar-refractivity contribution in [3.8, 4) is 22.6 Å². The van der Waals surface area contributed by atoms with E-state index in [-0.39, 0.29) is 18.0 Å². The van der Waals surface area contributed by atoms with Crippen LogP contribution in [-0.2, 0) is 4.74 Å². The smallest absolute Gasteiger partial charge is 0.410 e. The molecule has 3 heterocycles. The van der Waals surface area contributed by atoms with Gasteiger partial charge < -0.3 is 14.1 Å². The lowest BCUT2D eigenvalue weighted by molar-refractivity contribution is 0.0119. The summed E-state index contributed by atoms with van der Waals surface area (Å²) in [4.78, 5) is 16.7. The van der Waals surface area contributed by atoms with E-state index in [1.54, 1.807) is 17.2 Å². The van der Waals surface area contributed by atoms with Crippen LogP contribution in [0.3, 0.4) is 0 Å². The third-order valence-electron chi connectivity index (χ3n) is 6.45. The van der Waals surface area contributed by atoms with Gasteiger partial charge in [-0.05, 0) is 61.7 Å². The molecule has 1 saturated heterocycles. The summed E-state index contributed by atoms with van der Waals surface area (Å²) in [7, 11) is 0. The number of amides is 1. The molecule has 0 aliphatic carbocycles. The van der Waals surface area contributed by atoms with Gasteiger partial charge in [-0.15, -0.1) is 0 Å². The Morgan fingerprint density at radius 2 is 1.78 bits per heavy atom. The number of carbonyl (C=O) groups excluding carboxylic acids is 1. The predicted molar refractivity (Wildman–Crippen MR) is 139 cm³/mol. The van der Waals surface area contributed by atoms with Gasteiger partial charge in [0.2, 0.25) is 0 Å². The van der Waals surface area contributed by atoms with Crippen LogP contribution >= 0.6 is 0 Å². The molecular weight excluding hydrogens is 471 g/mol. The Hall–Kier alpha value is -3.91. The quantitative estimate of drug-likeness (QED) is 0.356. The SMILES string of the molecule is CC(C)(C)OC(=O)N1CCN(C(c2ccc(-c3cccc(F)c3)cc2)c2cn[nH]c2-c2ccco2)CC1. The summed E-state index contributed by atoms with van der Waals surface area (Å²) in [5.74, 6) is 0.449. The van der Waals surface area contributed by atoms with Gasteiger partial charge in [-0.25, -0.2) is 9.18 Å². The van der Waals surface area contributed by atoms with Gasteiger partial charge in [0.15, 0.2) is 5.76 Å². The van der Waals surface area contributed by atoms with Gasteiger partial charge in [0.1, 0.15) is 17.1 Å². The number of rotatable bonds is 5. The molecule has 0 bridgehead atoms. The molecule has 8 heteroatoms. The van der Waals surface area contributed by atoms with Crippen molar-refractivity contribution in [2.45, 2.75) is 32.4 Å². The third-order valence-corrected chi connectivity index (χ3v) is 6.45. The van der Waals surface area contributed by atoms with Crippen LogP contribution < -0.4 is 0 Å². The number of carbonyl (C=O) groups is 1. The molecule has 1 N–H and O–H groups in total. The number of H-pyrrole nitrogens is 1. The maximum Gasteiger partial charge on any atom is 0.410 e. The van der Waals surface area contributed by atoms with E-state index in [1.807, 2.05) is 57.3 Å². The number of furan rings is 1. The van der Waals surface area contributed by atoms with Gasteiger partial charge >= 0.3 is 6.09 Å². The zero-order valence-electron chi connectivity index (χ0n) is 21.3. The Labute approximate surface area is 215 Å². The maximum atomic E-state index is 13.8. The highest BCUT2D eigenvalue weighted by molar-refractivity contribution is 5.68. The normalized spacial score (nSPS) is 15.5. The lowest BCUT2D eigenvalue weighted by Crippen LogP contribution is -2.51. The first-order chi connectivity index (χ1) is 17.8. The Morgan fingerprint density at radius 3 is 2.43 bits per heavy atom. The largest absolute Gasteiger partial charge is 0.463 e. The fraction of sp³-hybridized carbons (Fsp3) is 0.310. The second-order valence-corrected chi connectivity index (χ2v) is 10.2. The minimum absolute atomic E-state index is 0.124. The highest BCUT2D eigenvalue weighted by Gasteiger charge is 2.32. The number of nitrogens with zero attached hydrogens (tertiary/aromatic N) is 3. The van der Waals surface area contributed by atoms with Crippen molar-refractivity contribution in [1.29, 1.82) is 0 Å². The Morgan fingerprint density at radius 1 is 1.03 bits per heavy atom. The molecule has 1 unspecified atom stereocenters. The van der Waals surface area contributed by atoms with Gasteiger partial charge in [-0.3, -0.25) is 10.00 Å². The van der Waals surface area contributed by atoms with E-state index in [0.717, 1.165) is 27.9 Å². The molecule has 4 aromatic rings. The second kappa shape index (κ2) is 10.2. The molecule has 2 aromatic carbocycles. The Balaban J connectivity index is 1.44. The number of aromatic amines is 1. The van der Waals surface area contributed by atoms with Crippen molar-refractivity contribution in [1.82, 2.24) is 20.0 Å². The van der Waals surface area contributed by atoms with E-state index in [2.05, 4.69) is 27.2 Å². The lowest BCUT2D eigenvalue weighted by atomic mass is 9.94. The van der Waals surface area contributed by atoms with E-state index in [1.165, 1.54) is 12.1 Å². The summed E-state index contributed by atoms with van der Waals surface area (Å²) < 4.78 is 25.0. The Bertz CT molecular complexity index is 1330. The summed E-state index contributed by atoms with van der Waals surface area (Å²) in [6.45, 7) is 8.07. The van der Waals surface area contributed by atoms with Gasteiger partial charge in [-0.2, -0.15) is 5.10 Å². The number of piperazine rings is 1. The number of aromatic nitrogens is 2. The minimum Gasteiger partial charge on any atom is -0.463 e. The van der Waals surface area contributed by atoms with Crippen molar-refractivity contribution in [2.75, 3.05) is 26.2 Å². The summed E-state index contributed by atoms with van der Waals surface area (Å²) >= 11 is 0. The first kappa shape index (κ1) is 24.8. The molecule has 5 rings (SSSR count). The first-order valence-electron chi connectivity index (χ1n) is 12.4. The summed E-state index contributed by atoms with van der Waals surface area (Å²) in [5.41, 5.74) is 4.11. The summed E-state index contributed by atoms with van der Waals surface area (Å²) in [5, 5.41) is 7.44. The Kier molecular flexibility index (Phi) is 6.84. The van der Waals surface area contributed by atoms with E-state index < -0.39 is 5.60 Å². The van der Waals surface area contributed by atoms with Gasteiger partial charge in [0.25, 0.3) is 0 Å². The van der Waals surface area contributed by atoms with E-state index in [4.69, 9.17) is 9.15 Å². The summed E-state index contributed by atoms with van der Waals surface area (Å²) in [6.07, 6.45) is 3.19. The molecule has 0 saturated carbocycles. The van der Waals surface area contributed by atoms with Crippen molar-refractivity contribution >= 4 is 6.09 Å². The average Bonchev–Trinajstić information content (AvgIpc) is 3.56. The van der Waals surface area contributed by atoms with E-state index >= 15 is 0 Å². The molecule has 2 aromatic heterocycles. The summed E-state index contributed by atoms with van der Waals surface area (Å²) in [6, 6.07) is 18.4. The van der Waals surface area contributed by atoms with Crippen LogP contribution in [0.4, 0.5) is 9.18 Å². The monoisotopic (exact) mass is 502 g/mol. The molecule has 1 aliphatic heterocycles. The molecule has 1 atom stereocenters.